The standard InChI is InChI=1S/C15H14N2O4/c1-21-9-10-4-2-5-11(8-10)16-14(18)12-6-3-7-13(17-12)15(19)20/h2-8H,9H2,1H3,(H,16,18)(H,19,20). The molecule has 0 aliphatic heterocycles. The van der Waals surface area contributed by atoms with Gasteiger partial charge in [0, 0.05) is 12.8 Å². The van der Waals surface area contributed by atoms with Crippen LogP contribution in [0.25, 0.3) is 0 Å². The summed E-state index contributed by atoms with van der Waals surface area (Å²) in [7, 11) is 1.59. The third kappa shape index (κ3) is 3.87. The summed E-state index contributed by atoms with van der Waals surface area (Å²) in [6, 6.07) is 11.5. The second-order valence-electron chi connectivity index (χ2n) is 4.30. The van der Waals surface area contributed by atoms with Gasteiger partial charge in [-0.15, -0.1) is 0 Å². The molecule has 21 heavy (non-hydrogen) atoms. The van der Waals surface area contributed by atoms with Crippen molar-refractivity contribution in [3.63, 3.8) is 0 Å². The average molecular weight is 286 g/mol. The molecule has 2 aromatic rings. The fraction of sp³-hybridized carbons (Fsp3) is 0.133. The van der Waals surface area contributed by atoms with E-state index in [0.29, 0.717) is 12.3 Å². The summed E-state index contributed by atoms with van der Waals surface area (Å²) in [5.74, 6) is -1.64. The molecule has 6 heteroatoms. The second kappa shape index (κ2) is 6.62. The molecule has 2 rings (SSSR count). The molecule has 108 valence electrons. The lowest BCUT2D eigenvalue weighted by Crippen LogP contribution is -2.15. The number of anilines is 1. The van der Waals surface area contributed by atoms with Gasteiger partial charge in [-0.25, -0.2) is 9.78 Å². The van der Waals surface area contributed by atoms with E-state index < -0.39 is 11.9 Å². The molecule has 6 nitrogen and oxygen atoms in total. The van der Waals surface area contributed by atoms with Crippen molar-refractivity contribution in [2.45, 2.75) is 6.61 Å². The number of carbonyl (C=O) groups excluding carboxylic acids is 1. The van der Waals surface area contributed by atoms with Crippen LogP contribution in [0, 0.1) is 0 Å². The number of ether oxygens (including phenoxy) is 1. The van der Waals surface area contributed by atoms with Crippen LogP contribution in [0.5, 0.6) is 0 Å². The van der Waals surface area contributed by atoms with Crippen LogP contribution in [0.4, 0.5) is 5.69 Å². The number of amides is 1. The summed E-state index contributed by atoms with van der Waals surface area (Å²) in [5, 5.41) is 11.5. The molecule has 0 bridgehead atoms. The molecule has 0 atom stereocenters. The lowest BCUT2D eigenvalue weighted by Gasteiger charge is -2.07. The van der Waals surface area contributed by atoms with Crippen molar-refractivity contribution in [1.29, 1.82) is 0 Å². The summed E-state index contributed by atoms with van der Waals surface area (Å²) >= 11 is 0. The van der Waals surface area contributed by atoms with Crippen molar-refractivity contribution in [1.82, 2.24) is 4.98 Å². The minimum Gasteiger partial charge on any atom is -0.477 e. The zero-order chi connectivity index (χ0) is 15.2. The van der Waals surface area contributed by atoms with E-state index in [1.807, 2.05) is 6.07 Å². The quantitative estimate of drug-likeness (QED) is 0.879. The fourth-order valence-electron chi connectivity index (χ4n) is 1.78. The molecular formula is C15H14N2O4. The molecule has 0 unspecified atom stereocenters. The minimum absolute atomic E-state index is 0.0482. The summed E-state index contributed by atoms with van der Waals surface area (Å²) in [5.41, 5.74) is 1.39. The van der Waals surface area contributed by atoms with Crippen molar-refractivity contribution in [3.05, 3.63) is 59.4 Å². The molecule has 2 N–H and O–H groups in total. The van der Waals surface area contributed by atoms with Gasteiger partial charge >= 0.3 is 5.97 Å². The number of aromatic nitrogens is 1. The van der Waals surface area contributed by atoms with Gasteiger partial charge < -0.3 is 15.2 Å². The Morgan fingerprint density at radius 1 is 1.19 bits per heavy atom. The number of carboxylic acids is 1. The Morgan fingerprint density at radius 3 is 2.62 bits per heavy atom. The van der Waals surface area contributed by atoms with E-state index >= 15 is 0 Å². The van der Waals surface area contributed by atoms with Crippen LogP contribution in [0.1, 0.15) is 26.5 Å². The first-order chi connectivity index (χ1) is 10.1. The summed E-state index contributed by atoms with van der Waals surface area (Å²) < 4.78 is 5.02. The van der Waals surface area contributed by atoms with Gasteiger partial charge in [-0.3, -0.25) is 4.79 Å². The van der Waals surface area contributed by atoms with E-state index in [1.54, 1.807) is 25.3 Å². The van der Waals surface area contributed by atoms with Crippen LogP contribution in [0.3, 0.4) is 0 Å². The third-order valence-electron chi connectivity index (χ3n) is 2.70. The first kappa shape index (κ1) is 14.7. The Kier molecular flexibility index (Phi) is 4.63. The SMILES string of the molecule is COCc1cccc(NC(=O)c2cccc(C(=O)O)n2)c1. The second-order valence-corrected chi connectivity index (χ2v) is 4.30. The van der Waals surface area contributed by atoms with E-state index in [2.05, 4.69) is 10.3 Å². The van der Waals surface area contributed by atoms with Crippen molar-refractivity contribution < 1.29 is 19.4 Å². The molecule has 1 amide bonds. The maximum Gasteiger partial charge on any atom is 0.354 e. The van der Waals surface area contributed by atoms with Crippen LogP contribution in [0.2, 0.25) is 0 Å². The van der Waals surface area contributed by atoms with E-state index in [1.165, 1.54) is 18.2 Å². The normalized spacial score (nSPS) is 10.1. The summed E-state index contributed by atoms with van der Waals surface area (Å²) in [6.07, 6.45) is 0. The largest absolute Gasteiger partial charge is 0.477 e. The predicted molar refractivity (Wildman–Crippen MR) is 76.3 cm³/mol. The molecular weight excluding hydrogens is 272 g/mol. The highest BCUT2D eigenvalue weighted by molar-refractivity contribution is 6.03. The number of carboxylic acid groups (broad SMARTS) is 1. The lowest BCUT2D eigenvalue weighted by atomic mass is 10.2. The van der Waals surface area contributed by atoms with Crippen molar-refractivity contribution in [2.75, 3.05) is 12.4 Å². The van der Waals surface area contributed by atoms with Gasteiger partial charge in [-0.05, 0) is 29.8 Å². The zero-order valence-electron chi connectivity index (χ0n) is 11.4. The average Bonchev–Trinajstić information content (AvgIpc) is 2.48. The number of rotatable bonds is 5. The highest BCUT2D eigenvalue weighted by Crippen LogP contribution is 2.12. The van der Waals surface area contributed by atoms with Gasteiger partial charge in [-0.1, -0.05) is 18.2 Å². The summed E-state index contributed by atoms with van der Waals surface area (Å²) in [4.78, 5) is 26.7. The van der Waals surface area contributed by atoms with Gasteiger partial charge in [0.1, 0.15) is 11.4 Å². The Balaban J connectivity index is 2.16. The van der Waals surface area contributed by atoms with Crippen LogP contribution >= 0.6 is 0 Å². The van der Waals surface area contributed by atoms with E-state index in [-0.39, 0.29) is 11.4 Å². The van der Waals surface area contributed by atoms with Crippen molar-refractivity contribution in [2.24, 2.45) is 0 Å². The summed E-state index contributed by atoms with van der Waals surface area (Å²) in [6.45, 7) is 0.441. The molecule has 0 fully saturated rings. The Hall–Kier alpha value is -2.73. The molecule has 0 saturated carbocycles. The number of nitrogens with one attached hydrogen (secondary N) is 1. The first-order valence-electron chi connectivity index (χ1n) is 6.19. The van der Waals surface area contributed by atoms with Gasteiger partial charge in [-0.2, -0.15) is 0 Å². The van der Waals surface area contributed by atoms with Gasteiger partial charge in [0.25, 0.3) is 5.91 Å². The van der Waals surface area contributed by atoms with E-state index in [0.717, 1.165) is 5.56 Å². The first-order valence-corrected chi connectivity index (χ1v) is 6.19. The maximum absolute atomic E-state index is 12.1. The molecule has 0 spiro atoms. The van der Waals surface area contributed by atoms with Crippen LogP contribution in [0.15, 0.2) is 42.5 Å². The number of aromatic carboxylic acids is 1. The molecule has 0 saturated heterocycles. The molecule has 1 aromatic carbocycles. The topological polar surface area (TPSA) is 88.5 Å². The van der Waals surface area contributed by atoms with Crippen LogP contribution in [-0.4, -0.2) is 29.1 Å². The zero-order valence-corrected chi connectivity index (χ0v) is 11.4. The maximum atomic E-state index is 12.1. The molecule has 0 aliphatic rings. The molecule has 0 aliphatic carbocycles. The Morgan fingerprint density at radius 2 is 1.90 bits per heavy atom. The van der Waals surface area contributed by atoms with Crippen molar-refractivity contribution in [3.8, 4) is 0 Å². The van der Waals surface area contributed by atoms with Crippen LogP contribution < -0.4 is 5.32 Å². The highest BCUT2D eigenvalue weighted by Gasteiger charge is 2.11. The van der Waals surface area contributed by atoms with Crippen molar-refractivity contribution >= 4 is 17.6 Å². The molecule has 1 aromatic heterocycles. The number of nitrogens with zero attached hydrogens (tertiary/aromatic N) is 1. The number of hydrogen-bond donors (Lipinski definition) is 2. The molecule has 1 heterocycles. The van der Waals surface area contributed by atoms with Gasteiger partial charge in [0.15, 0.2) is 0 Å². The number of carbonyl (C=O) groups is 2. The monoisotopic (exact) mass is 286 g/mol. The number of methoxy groups -OCH3 is 1. The fourth-order valence-corrected chi connectivity index (χ4v) is 1.78. The highest BCUT2D eigenvalue weighted by atomic mass is 16.5. The number of pyridine rings is 1. The van der Waals surface area contributed by atoms with E-state index in [4.69, 9.17) is 9.84 Å². The molecule has 0 radical (unpaired) electrons. The Bertz CT molecular complexity index is 670. The third-order valence-corrected chi connectivity index (χ3v) is 2.70. The Labute approximate surface area is 121 Å². The lowest BCUT2D eigenvalue weighted by molar-refractivity contribution is 0.0690. The number of benzene rings is 1. The van der Waals surface area contributed by atoms with Gasteiger partial charge in [0.2, 0.25) is 0 Å². The minimum atomic E-state index is -1.17. The number of hydrogen-bond acceptors (Lipinski definition) is 4. The predicted octanol–water partition coefficient (Wildman–Crippen LogP) is 2.18. The van der Waals surface area contributed by atoms with E-state index in [9.17, 15) is 9.59 Å². The van der Waals surface area contributed by atoms with Crippen LogP contribution in [-0.2, 0) is 11.3 Å². The smallest absolute Gasteiger partial charge is 0.354 e. The van der Waals surface area contributed by atoms with Gasteiger partial charge in [0.05, 0.1) is 6.61 Å².